The first-order valence-corrected chi connectivity index (χ1v) is 13.4. The lowest BCUT2D eigenvalue weighted by Gasteiger charge is -2.14. The van der Waals surface area contributed by atoms with Gasteiger partial charge in [-0.05, 0) is 49.9 Å². The van der Waals surface area contributed by atoms with Crippen molar-refractivity contribution in [2.24, 2.45) is 0 Å². The number of nitrogens with zero attached hydrogens (tertiary/aromatic N) is 4. The zero-order valence-corrected chi connectivity index (χ0v) is 22.9. The Morgan fingerprint density at radius 2 is 1.90 bits per heavy atom. The van der Waals surface area contributed by atoms with Gasteiger partial charge in [-0.3, -0.25) is 9.67 Å². The number of aromatic nitrogens is 4. The number of methoxy groups -OCH3 is 1. The van der Waals surface area contributed by atoms with Crippen LogP contribution >= 0.6 is 11.6 Å². The number of benzene rings is 2. The highest BCUT2D eigenvalue weighted by atomic mass is 35.5. The Kier molecular flexibility index (Phi) is 10.2. The number of fused-ring (bicyclic) bond motifs is 1. The first kappa shape index (κ1) is 28.0. The average molecular weight is 553 g/mol. The second kappa shape index (κ2) is 14.2. The molecule has 4 aromatic rings. The molecule has 0 bridgehead atoms. The number of unbranched alkanes of at least 4 members (excludes halogenated alkanes) is 3. The van der Waals surface area contributed by atoms with Crippen molar-refractivity contribution in [1.82, 2.24) is 25.3 Å². The Morgan fingerprint density at radius 1 is 1.03 bits per heavy atom. The Balaban J connectivity index is 1.36. The third kappa shape index (κ3) is 7.97. The van der Waals surface area contributed by atoms with E-state index >= 15 is 0 Å². The molecule has 0 aliphatic rings. The summed E-state index contributed by atoms with van der Waals surface area (Å²) in [5.74, 6) is 2.35. The van der Waals surface area contributed by atoms with Gasteiger partial charge in [0.05, 0.1) is 36.1 Å². The van der Waals surface area contributed by atoms with Crippen LogP contribution in [0.4, 0.5) is 10.5 Å². The minimum absolute atomic E-state index is 0.305. The second-order valence-electron chi connectivity index (χ2n) is 8.88. The zero-order chi connectivity index (χ0) is 27.5. The SMILES string of the molecule is CCCNC(=O)Nc1ccc(Oc2ccnc3cc(OCCCCCCn4ccnn4)c(OC)cc23)cc1Cl. The number of nitrogens with one attached hydrogen (secondary N) is 2. The monoisotopic (exact) mass is 552 g/mol. The molecule has 2 N–H and O–H groups in total. The van der Waals surface area contributed by atoms with Gasteiger partial charge in [0, 0.05) is 43.0 Å². The van der Waals surface area contributed by atoms with Gasteiger partial charge in [-0.2, -0.15) is 0 Å². The van der Waals surface area contributed by atoms with Gasteiger partial charge in [0.25, 0.3) is 0 Å². The molecule has 206 valence electrons. The van der Waals surface area contributed by atoms with E-state index in [0.717, 1.165) is 44.0 Å². The fourth-order valence-corrected chi connectivity index (χ4v) is 4.16. The van der Waals surface area contributed by atoms with Crippen LogP contribution in [0.15, 0.2) is 55.0 Å². The summed E-state index contributed by atoms with van der Waals surface area (Å²) in [5, 5.41) is 14.4. The Hall–Kier alpha value is -4.05. The first-order valence-electron chi connectivity index (χ1n) is 13.0. The maximum Gasteiger partial charge on any atom is 0.319 e. The molecule has 0 unspecified atom stereocenters. The van der Waals surface area contributed by atoms with E-state index in [2.05, 4.69) is 25.9 Å². The molecule has 2 aromatic carbocycles. The number of hydrogen-bond donors (Lipinski definition) is 2. The van der Waals surface area contributed by atoms with Gasteiger partial charge < -0.3 is 24.8 Å². The Morgan fingerprint density at radius 3 is 2.67 bits per heavy atom. The summed E-state index contributed by atoms with van der Waals surface area (Å²) in [6.45, 7) is 4.02. The molecule has 0 atom stereocenters. The number of halogens is 1. The highest BCUT2D eigenvalue weighted by Crippen LogP contribution is 2.38. The van der Waals surface area contributed by atoms with Crippen molar-refractivity contribution in [2.75, 3.05) is 25.6 Å². The summed E-state index contributed by atoms with van der Waals surface area (Å²) in [5.41, 5.74) is 1.21. The third-order valence-electron chi connectivity index (χ3n) is 5.95. The quantitative estimate of drug-likeness (QED) is 0.173. The van der Waals surface area contributed by atoms with Gasteiger partial charge in [0.1, 0.15) is 11.5 Å². The molecule has 0 saturated carbocycles. The number of aryl methyl sites for hydroxylation is 1. The lowest BCUT2D eigenvalue weighted by Crippen LogP contribution is -2.29. The van der Waals surface area contributed by atoms with Crippen molar-refractivity contribution in [3.8, 4) is 23.0 Å². The third-order valence-corrected chi connectivity index (χ3v) is 6.26. The molecule has 11 heteroatoms. The molecule has 39 heavy (non-hydrogen) atoms. The van der Waals surface area contributed by atoms with Crippen LogP contribution in [0.25, 0.3) is 10.9 Å². The van der Waals surface area contributed by atoms with E-state index in [1.807, 2.05) is 29.9 Å². The summed E-state index contributed by atoms with van der Waals surface area (Å²) in [6, 6.07) is 10.3. The molecule has 0 fully saturated rings. The summed E-state index contributed by atoms with van der Waals surface area (Å²) in [4.78, 5) is 16.4. The molecule has 0 radical (unpaired) electrons. The topological polar surface area (TPSA) is 112 Å². The van der Waals surface area contributed by atoms with Crippen molar-refractivity contribution < 1.29 is 19.0 Å². The van der Waals surface area contributed by atoms with Crippen LogP contribution in [-0.2, 0) is 6.54 Å². The number of rotatable bonds is 14. The largest absolute Gasteiger partial charge is 0.493 e. The second-order valence-corrected chi connectivity index (χ2v) is 9.29. The number of anilines is 1. The minimum atomic E-state index is -0.305. The number of ether oxygens (including phenoxy) is 3. The van der Waals surface area contributed by atoms with Crippen molar-refractivity contribution in [3.63, 3.8) is 0 Å². The van der Waals surface area contributed by atoms with Crippen molar-refractivity contribution >= 4 is 34.2 Å². The number of pyridine rings is 1. The van der Waals surface area contributed by atoms with Gasteiger partial charge in [0.2, 0.25) is 0 Å². The predicted molar refractivity (Wildman–Crippen MR) is 151 cm³/mol. The number of amides is 2. The van der Waals surface area contributed by atoms with Crippen LogP contribution in [0.2, 0.25) is 5.02 Å². The maximum atomic E-state index is 12.0. The maximum absolute atomic E-state index is 12.0. The number of carbonyl (C=O) groups excluding carboxylic acids is 1. The lowest BCUT2D eigenvalue weighted by molar-refractivity contribution is 0.252. The van der Waals surface area contributed by atoms with E-state index in [1.54, 1.807) is 43.8 Å². The predicted octanol–water partition coefficient (Wildman–Crippen LogP) is 6.45. The van der Waals surface area contributed by atoms with Crippen LogP contribution in [0.5, 0.6) is 23.0 Å². The van der Waals surface area contributed by atoms with E-state index in [-0.39, 0.29) is 6.03 Å². The molecule has 0 aliphatic carbocycles. The first-order chi connectivity index (χ1) is 19.1. The standard InChI is InChI=1S/C28H33ClN6O4/c1-3-11-31-28(36)33-23-9-8-20(17-22(23)29)39-25-10-12-30-24-19-27(26(37-2)18-21(24)25)38-16-7-5-4-6-14-35-15-13-32-34-35/h8-10,12-13,15,17-19H,3-7,11,14,16H2,1-2H3,(H2,31,33,36). The fraction of sp³-hybridized carbons (Fsp3) is 0.357. The fourth-order valence-electron chi connectivity index (χ4n) is 3.95. The molecule has 0 spiro atoms. The lowest BCUT2D eigenvalue weighted by atomic mass is 10.1. The van der Waals surface area contributed by atoms with Gasteiger partial charge >= 0.3 is 6.03 Å². The van der Waals surface area contributed by atoms with Crippen LogP contribution in [0, 0.1) is 0 Å². The molecule has 2 heterocycles. The molecule has 2 amide bonds. The number of carbonyl (C=O) groups is 1. The van der Waals surface area contributed by atoms with Crippen LogP contribution < -0.4 is 24.8 Å². The Labute approximate surface area is 232 Å². The molecule has 10 nitrogen and oxygen atoms in total. The average Bonchev–Trinajstić information content (AvgIpc) is 3.46. The number of hydrogen-bond acceptors (Lipinski definition) is 7. The smallest absolute Gasteiger partial charge is 0.319 e. The normalized spacial score (nSPS) is 10.8. The Bertz CT molecular complexity index is 1370. The molecular weight excluding hydrogens is 520 g/mol. The van der Waals surface area contributed by atoms with Crippen molar-refractivity contribution in [1.29, 1.82) is 0 Å². The molecule has 0 saturated heterocycles. The van der Waals surface area contributed by atoms with Gasteiger partial charge in [-0.1, -0.05) is 30.2 Å². The summed E-state index contributed by atoms with van der Waals surface area (Å²) < 4.78 is 19.6. The van der Waals surface area contributed by atoms with E-state index in [0.29, 0.717) is 52.4 Å². The van der Waals surface area contributed by atoms with Crippen molar-refractivity contribution in [2.45, 2.75) is 45.6 Å². The summed E-state index contributed by atoms with van der Waals surface area (Å²) in [6.07, 6.45) is 10.2. The number of urea groups is 1. The van der Waals surface area contributed by atoms with Crippen LogP contribution in [0.1, 0.15) is 39.0 Å². The van der Waals surface area contributed by atoms with Crippen LogP contribution in [-0.4, -0.2) is 46.3 Å². The summed E-state index contributed by atoms with van der Waals surface area (Å²) in [7, 11) is 1.61. The highest BCUT2D eigenvalue weighted by Gasteiger charge is 2.13. The van der Waals surface area contributed by atoms with Crippen molar-refractivity contribution in [3.05, 3.63) is 60.0 Å². The summed E-state index contributed by atoms with van der Waals surface area (Å²) >= 11 is 6.39. The van der Waals surface area contributed by atoms with Crippen LogP contribution in [0.3, 0.4) is 0 Å². The molecule has 0 aliphatic heterocycles. The van der Waals surface area contributed by atoms with E-state index in [1.165, 1.54) is 0 Å². The zero-order valence-electron chi connectivity index (χ0n) is 22.2. The molecule has 4 rings (SSSR count). The van der Waals surface area contributed by atoms with Gasteiger partial charge in [-0.15, -0.1) is 5.10 Å². The minimum Gasteiger partial charge on any atom is -0.493 e. The van der Waals surface area contributed by atoms with E-state index in [4.69, 9.17) is 25.8 Å². The highest BCUT2D eigenvalue weighted by molar-refractivity contribution is 6.33. The molecule has 2 aromatic heterocycles. The van der Waals surface area contributed by atoms with E-state index in [9.17, 15) is 4.79 Å². The van der Waals surface area contributed by atoms with E-state index < -0.39 is 0 Å². The molecular formula is C28H33ClN6O4. The van der Waals surface area contributed by atoms with Gasteiger partial charge in [0.15, 0.2) is 11.5 Å². The van der Waals surface area contributed by atoms with Gasteiger partial charge in [-0.25, -0.2) is 4.79 Å².